The number of carbonyl (C=O) groups excluding carboxylic acids is 1. The van der Waals surface area contributed by atoms with Crippen LogP contribution >= 0.6 is 11.6 Å². The number of hydrogen-bond donors (Lipinski definition) is 1. The van der Waals surface area contributed by atoms with E-state index in [4.69, 9.17) is 21.1 Å². The van der Waals surface area contributed by atoms with E-state index in [-0.39, 0.29) is 12.5 Å². The second kappa shape index (κ2) is 9.94. The van der Waals surface area contributed by atoms with Crippen molar-refractivity contribution in [2.45, 2.75) is 33.3 Å². The molecule has 2 aromatic rings. The van der Waals surface area contributed by atoms with Crippen LogP contribution in [0.2, 0.25) is 5.02 Å². The van der Waals surface area contributed by atoms with E-state index in [0.717, 1.165) is 18.4 Å². The normalized spacial score (nSPS) is 10.4. The van der Waals surface area contributed by atoms with Crippen molar-refractivity contribution >= 4 is 17.5 Å². The third-order valence-corrected chi connectivity index (χ3v) is 3.97. The zero-order chi connectivity index (χ0) is 18.1. The smallest absolute Gasteiger partial charge is 0.251 e. The summed E-state index contributed by atoms with van der Waals surface area (Å²) in [4.78, 5) is 12.3. The molecule has 25 heavy (non-hydrogen) atoms. The van der Waals surface area contributed by atoms with Crippen LogP contribution in [0.25, 0.3) is 0 Å². The lowest BCUT2D eigenvalue weighted by molar-refractivity contribution is 0.0953. The number of para-hydroxylation sites is 1. The van der Waals surface area contributed by atoms with Crippen LogP contribution in [-0.2, 0) is 6.61 Å². The lowest BCUT2D eigenvalue weighted by Gasteiger charge is -2.14. The van der Waals surface area contributed by atoms with Crippen molar-refractivity contribution in [1.29, 1.82) is 0 Å². The number of unbranched alkanes of at least 4 members (excludes halogenated alkanes) is 1. The number of nitrogens with one attached hydrogen (secondary N) is 1. The quantitative estimate of drug-likeness (QED) is 0.649. The molecule has 0 radical (unpaired) electrons. The van der Waals surface area contributed by atoms with Crippen LogP contribution in [0.3, 0.4) is 0 Å². The molecule has 0 fully saturated rings. The molecule has 0 unspecified atom stereocenters. The van der Waals surface area contributed by atoms with Gasteiger partial charge in [0.15, 0.2) is 0 Å². The molecule has 134 valence electrons. The average molecular weight is 362 g/mol. The first-order chi connectivity index (χ1) is 12.2. The fraction of sp³-hybridized carbons (Fsp3) is 0.350. The van der Waals surface area contributed by atoms with Gasteiger partial charge in [-0.25, -0.2) is 0 Å². The lowest BCUT2D eigenvalue weighted by Crippen LogP contribution is -2.24. The summed E-state index contributed by atoms with van der Waals surface area (Å²) in [7, 11) is 0. The molecule has 0 saturated carbocycles. The fourth-order valence-electron chi connectivity index (χ4n) is 2.33. The monoisotopic (exact) mass is 361 g/mol. The molecule has 4 nitrogen and oxygen atoms in total. The first-order valence-corrected chi connectivity index (χ1v) is 8.94. The van der Waals surface area contributed by atoms with Crippen LogP contribution in [0.15, 0.2) is 42.5 Å². The van der Waals surface area contributed by atoms with Gasteiger partial charge < -0.3 is 14.8 Å². The van der Waals surface area contributed by atoms with Gasteiger partial charge in [0.05, 0.1) is 11.6 Å². The molecule has 0 aromatic heterocycles. The van der Waals surface area contributed by atoms with Gasteiger partial charge in [0.2, 0.25) is 0 Å². The van der Waals surface area contributed by atoms with Crippen molar-refractivity contribution in [2.75, 3.05) is 13.2 Å². The van der Waals surface area contributed by atoms with Crippen molar-refractivity contribution in [3.05, 3.63) is 58.6 Å². The summed E-state index contributed by atoms with van der Waals surface area (Å²) in [5.74, 6) is 1.22. The van der Waals surface area contributed by atoms with Crippen LogP contribution < -0.4 is 14.8 Å². The number of rotatable bonds is 9. The Labute approximate surface area is 154 Å². The molecule has 0 aliphatic heterocycles. The van der Waals surface area contributed by atoms with Gasteiger partial charge in [-0.3, -0.25) is 4.79 Å². The van der Waals surface area contributed by atoms with Crippen molar-refractivity contribution in [3.8, 4) is 11.5 Å². The third kappa shape index (κ3) is 5.68. The molecule has 0 atom stereocenters. The maximum Gasteiger partial charge on any atom is 0.251 e. The lowest BCUT2D eigenvalue weighted by atomic mass is 10.1. The summed E-state index contributed by atoms with van der Waals surface area (Å²) in [5, 5.41) is 3.47. The van der Waals surface area contributed by atoms with Crippen molar-refractivity contribution in [2.24, 2.45) is 0 Å². The SMILES string of the molecule is CCCCNC(=O)c1ccc(OCC)c(COc2ccccc2Cl)c1. The Morgan fingerprint density at radius 1 is 1.08 bits per heavy atom. The minimum absolute atomic E-state index is 0.0875. The van der Waals surface area contributed by atoms with Gasteiger partial charge in [-0.2, -0.15) is 0 Å². The summed E-state index contributed by atoms with van der Waals surface area (Å²) >= 11 is 6.12. The molecule has 1 N–H and O–H groups in total. The Hall–Kier alpha value is -2.20. The van der Waals surface area contributed by atoms with Crippen LogP contribution in [0, 0.1) is 0 Å². The number of amides is 1. The summed E-state index contributed by atoms with van der Waals surface area (Å²) < 4.78 is 11.4. The van der Waals surface area contributed by atoms with Gasteiger partial charge in [0.25, 0.3) is 5.91 Å². The Morgan fingerprint density at radius 2 is 1.88 bits per heavy atom. The van der Waals surface area contributed by atoms with Gasteiger partial charge in [0.1, 0.15) is 18.1 Å². The van der Waals surface area contributed by atoms with Crippen LogP contribution in [0.5, 0.6) is 11.5 Å². The maximum absolute atomic E-state index is 12.3. The predicted octanol–water partition coefficient (Wildman–Crippen LogP) is 4.85. The number of ether oxygens (including phenoxy) is 2. The molecule has 1 amide bonds. The molecule has 0 aliphatic carbocycles. The highest BCUT2D eigenvalue weighted by Gasteiger charge is 2.11. The molecule has 2 aromatic carbocycles. The van der Waals surface area contributed by atoms with Gasteiger partial charge in [-0.1, -0.05) is 37.1 Å². The first kappa shape index (κ1) is 19.1. The standard InChI is InChI=1S/C20H24ClNO3/c1-3-5-12-22-20(23)15-10-11-18(24-4-2)16(13-15)14-25-19-9-7-6-8-17(19)21/h6-11,13H,3-5,12,14H2,1-2H3,(H,22,23). The summed E-state index contributed by atoms with van der Waals surface area (Å²) in [5.41, 5.74) is 1.40. The Morgan fingerprint density at radius 3 is 2.60 bits per heavy atom. The number of halogens is 1. The minimum Gasteiger partial charge on any atom is -0.493 e. The molecular weight excluding hydrogens is 338 g/mol. The average Bonchev–Trinajstić information content (AvgIpc) is 2.62. The number of benzene rings is 2. The molecular formula is C20H24ClNO3. The van der Waals surface area contributed by atoms with E-state index in [1.165, 1.54) is 0 Å². The van der Waals surface area contributed by atoms with E-state index in [1.54, 1.807) is 12.1 Å². The van der Waals surface area contributed by atoms with E-state index in [2.05, 4.69) is 12.2 Å². The van der Waals surface area contributed by atoms with Crippen molar-refractivity contribution < 1.29 is 14.3 Å². The Bertz CT molecular complexity index is 703. The van der Waals surface area contributed by atoms with Gasteiger partial charge in [0, 0.05) is 17.7 Å². The molecule has 0 heterocycles. The van der Waals surface area contributed by atoms with Crippen LogP contribution in [0.4, 0.5) is 0 Å². The summed E-state index contributed by atoms with van der Waals surface area (Å²) in [6.07, 6.45) is 2.01. The summed E-state index contributed by atoms with van der Waals surface area (Å²) in [6.45, 7) is 5.50. The van der Waals surface area contributed by atoms with Crippen molar-refractivity contribution in [3.63, 3.8) is 0 Å². The molecule has 0 bridgehead atoms. The predicted molar refractivity (Wildman–Crippen MR) is 101 cm³/mol. The third-order valence-electron chi connectivity index (χ3n) is 3.66. The molecule has 5 heteroatoms. The molecule has 0 spiro atoms. The maximum atomic E-state index is 12.3. The Balaban J connectivity index is 2.14. The number of carbonyl (C=O) groups is 1. The molecule has 0 aliphatic rings. The first-order valence-electron chi connectivity index (χ1n) is 8.57. The van der Waals surface area contributed by atoms with E-state index in [0.29, 0.717) is 35.2 Å². The van der Waals surface area contributed by atoms with Crippen LogP contribution in [-0.4, -0.2) is 19.1 Å². The second-order valence-electron chi connectivity index (χ2n) is 5.58. The van der Waals surface area contributed by atoms with Gasteiger partial charge >= 0.3 is 0 Å². The highest BCUT2D eigenvalue weighted by molar-refractivity contribution is 6.32. The second-order valence-corrected chi connectivity index (χ2v) is 5.99. The topological polar surface area (TPSA) is 47.6 Å². The highest BCUT2D eigenvalue weighted by atomic mass is 35.5. The van der Waals surface area contributed by atoms with E-state index in [1.807, 2.05) is 37.3 Å². The Kier molecular flexibility index (Phi) is 7.61. The molecule has 2 rings (SSSR count). The minimum atomic E-state index is -0.0875. The van der Waals surface area contributed by atoms with E-state index < -0.39 is 0 Å². The van der Waals surface area contributed by atoms with Crippen LogP contribution in [0.1, 0.15) is 42.6 Å². The summed E-state index contributed by atoms with van der Waals surface area (Å²) in [6, 6.07) is 12.7. The van der Waals surface area contributed by atoms with Gasteiger partial charge in [-0.15, -0.1) is 0 Å². The number of hydrogen-bond acceptors (Lipinski definition) is 3. The zero-order valence-corrected chi connectivity index (χ0v) is 15.4. The van der Waals surface area contributed by atoms with Gasteiger partial charge in [-0.05, 0) is 43.7 Å². The fourth-order valence-corrected chi connectivity index (χ4v) is 2.52. The van der Waals surface area contributed by atoms with E-state index in [9.17, 15) is 4.79 Å². The van der Waals surface area contributed by atoms with E-state index >= 15 is 0 Å². The molecule has 0 saturated heterocycles. The van der Waals surface area contributed by atoms with Crippen molar-refractivity contribution in [1.82, 2.24) is 5.32 Å². The largest absolute Gasteiger partial charge is 0.493 e. The zero-order valence-electron chi connectivity index (χ0n) is 14.7. The highest BCUT2D eigenvalue weighted by Crippen LogP contribution is 2.27.